The molecule has 0 aromatic heterocycles. The zero-order valence-electron chi connectivity index (χ0n) is 77.0. The van der Waals surface area contributed by atoms with E-state index in [1.54, 1.807) is 83.1 Å². The molecular formula is C86H162O30. The predicted molar refractivity (Wildman–Crippen MR) is 437 cm³/mol. The second-order valence-corrected chi connectivity index (χ2v) is 35.7. The van der Waals surface area contributed by atoms with Crippen LogP contribution in [0.15, 0.2) is 12.7 Å². The molecule has 116 heavy (non-hydrogen) atoms. The Bertz CT molecular complexity index is 2420. The molecule has 0 spiro atoms. The fourth-order valence-corrected chi connectivity index (χ4v) is 10.6. The molecule has 0 amide bonds. The Morgan fingerprint density at radius 2 is 0.724 bits per heavy atom. The van der Waals surface area contributed by atoms with Gasteiger partial charge >= 0.3 is 43.1 Å². The maximum absolute atomic E-state index is 11.7. The first-order valence-electron chi connectivity index (χ1n) is 42.8. The van der Waals surface area contributed by atoms with Gasteiger partial charge in [-0.05, 0) is 248 Å². The molecule has 4 unspecified atom stereocenters. The number of ether oxygens (including phenoxy) is 5. The van der Waals surface area contributed by atoms with E-state index in [4.69, 9.17) is 67.8 Å². The van der Waals surface area contributed by atoms with Gasteiger partial charge in [-0.25, -0.2) is 24.0 Å². The fraction of sp³-hybridized carbons (Fsp3) is 0.895. The van der Waals surface area contributed by atoms with Crippen molar-refractivity contribution in [2.75, 3.05) is 19.8 Å². The van der Waals surface area contributed by atoms with Crippen molar-refractivity contribution in [3.63, 3.8) is 0 Å². The van der Waals surface area contributed by atoms with Crippen LogP contribution in [0.25, 0.3) is 0 Å². The molecule has 0 bridgehead atoms. The third-order valence-electron chi connectivity index (χ3n) is 18.5. The molecule has 0 aromatic carbocycles. The summed E-state index contributed by atoms with van der Waals surface area (Å²) in [5.41, 5.74) is -1.39. The van der Waals surface area contributed by atoms with E-state index in [2.05, 4.69) is 120 Å². The van der Waals surface area contributed by atoms with Gasteiger partial charge in [-0.1, -0.05) is 173 Å². The van der Waals surface area contributed by atoms with E-state index in [1.165, 1.54) is 18.9 Å². The van der Waals surface area contributed by atoms with Gasteiger partial charge in [-0.2, -0.15) is 53.6 Å². The van der Waals surface area contributed by atoms with Crippen LogP contribution in [-0.2, 0) is 112 Å². The second-order valence-electron chi connectivity index (χ2n) is 35.7. The van der Waals surface area contributed by atoms with Gasteiger partial charge < -0.3 is 23.7 Å². The number of hydrogen-bond donors (Lipinski definition) is 0. The molecule has 0 heterocycles. The zero-order chi connectivity index (χ0) is 89.0. The molecule has 30 heteroatoms. The lowest BCUT2D eigenvalue weighted by atomic mass is 9.72. The summed E-state index contributed by atoms with van der Waals surface area (Å²) in [7, 11) is 0. The Morgan fingerprint density at radius 3 is 1.03 bits per heavy atom. The largest absolute Gasteiger partial charge is 0.573 e. The Morgan fingerprint density at radius 1 is 0.371 bits per heavy atom. The summed E-state index contributed by atoms with van der Waals surface area (Å²) in [4.78, 5) is 163. The number of carbonyl (C=O) groups is 7. The number of hydrogen-bond acceptors (Lipinski definition) is 30. The van der Waals surface area contributed by atoms with E-state index in [1.807, 2.05) is 41.5 Å². The van der Waals surface area contributed by atoms with Gasteiger partial charge in [-0.15, -0.1) is 6.58 Å². The van der Waals surface area contributed by atoms with Crippen LogP contribution in [0.3, 0.4) is 0 Å². The lowest BCUT2D eigenvalue weighted by molar-refractivity contribution is -0.352. The SMILES string of the molecule is C=CCOOC(=O)OC(C)(C)C.CC(C)(C)C1CCC(OOC(=O)OOC2CCC(C(C)(C)C)CC2)CC1.CC(C)OC(=O)OOC(C)(C)C.CCC(C)OOC(=O)OC(C)CC.CCCCC(CC)COC(=O)OOC(C)(C)C.CCCCC(CC)COC(=O)OOC(C)(C)CC.O=C(OOC1CCCCC1)OOC1CCCCC1. The van der Waals surface area contributed by atoms with Crippen LogP contribution in [0.4, 0.5) is 33.6 Å². The highest BCUT2D eigenvalue weighted by Crippen LogP contribution is 2.40. The molecular weight excluding hydrogens is 1510 g/mol. The monoisotopic (exact) mass is 1680 g/mol. The smallest absolute Gasteiger partial charge is 0.432 e. The predicted octanol–water partition coefficient (Wildman–Crippen LogP) is 25.4. The molecule has 4 atom stereocenters. The lowest BCUT2D eigenvalue weighted by Gasteiger charge is -2.36. The van der Waals surface area contributed by atoms with Crippen molar-refractivity contribution in [1.29, 1.82) is 0 Å². The highest BCUT2D eigenvalue weighted by atomic mass is 17.3. The van der Waals surface area contributed by atoms with E-state index in [-0.39, 0.29) is 49.3 Å². The van der Waals surface area contributed by atoms with Crippen molar-refractivity contribution in [2.45, 2.75) is 445 Å². The van der Waals surface area contributed by atoms with Crippen LogP contribution < -0.4 is 0 Å². The Labute approximate surface area is 697 Å². The third kappa shape index (κ3) is 71.2. The molecule has 4 saturated carbocycles. The number of unbranched alkanes of at least 4 members (excludes halogenated alkanes) is 2. The van der Waals surface area contributed by atoms with Gasteiger partial charge in [0.15, 0.2) is 0 Å². The molecule has 686 valence electrons. The van der Waals surface area contributed by atoms with Crippen LogP contribution in [0, 0.1) is 34.5 Å². The van der Waals surface area contributed by atoms with Crippen molar-refractivity contribution in [3.05, 3.63) is 12.7 Å². The first-order chi connectivity index (χ1) is 54.1. The highest BCUT2D eigenvalue weighted by molar-refractivity contribution is 5.61. The van der Waals surface area contributed by atoms with Crippen LogP contribution >= 0.6 is 0 Å². The number of rotatable bonds is 34. The minimum Gasteiger partial charge on any atom is -0.432 e. The molecule has 30 nitrogen and oxygen atoms in total. The molecule has 4 aliphatic rings. The van der Waals surface area contributed by atoms with E-state index in [0.29, 0.717) is 47.7 Å². The van der Waals surface area contributed by atoms with Crippen LogP contribution in [0.2, 0.25) is 0 Å². The zero-order valence-corrected chi connectivity index (χ0v) is 77.0. The van der Waals surface area contributed by atoms with E-state index in [9.17, 15) is 33.6 Å². The normalized spacial score (nSPS) is 18.3. The second kappa shape index (κ2) is 65.1. The first kappa shape index (κ1) is 114. The van der Waals surface area contributed by atoms with Gasteiger partial charge in [0.2, 0.25) is 0 Å². The average molecular weight is 1680 g/mol. The Balaban J connectivity index is -0.00000131. The van der Waals surface area contributed by atoms with Crippen molar-refractivity contribution in [3.8, 4) is 0 Å². The summed E-state index contributed by atoms with van der Waals surface area (Å²) in [5, 5.41) is 0. The van der Waals surface area contributed by atoms with Gasteiger partial charge in [-0.3, -0.25) is 44.0 Å². The van der Waals surface area contributed by atoms with Crippen LogP contribution in [-0.4, -0.2) is 128 Å². The number of carbonyl (C=O) groups excluding carboxylic acids is 7. The molecule has 4 aliphatic carbocycles. The Kier molecular flexibility index (Phi) is 64.2. The molecule has 4 rings (SSSR count). The minimum atomic E-state index is -0.902. The van der Waals surface area contributed by atoms with Crippen molar-refractivity contribution < 1.29 is 145 Å². The van der Waals surface area contributed by atoms with Crippen LogP contribution in [0.1, 0.15) is 380 Å². The van der Waals surface area contributed by atoms with Crippen molar-refractivity contribution >= 4 is 43.1 Å². The van der Waals surface area contributed by atoms with E-state index >= 15 is 0 Å². The fourth-order valence-electron chi connectivity index (χ4n) is 10.6. The van der Waals surface area contributed by atoms with Crippen molar-refractivity contribution in [1.82, 2.24) is 0 Å². The topological polar surface area (TPSA) is 332 Å². The minimum absolute atomic E-state index is 0.0148. The molecule has 0 aromatic rings. The summed E-state index contributed by atoms with van der Waals surface area (Å²) in [5.74, 6) is 2.22. The summed E-state index contributed by atoms with van der Waals surface area (Å²) in [6, 6.07) is 0. The summed E-state index contributed by atoms with van der Waals surface area (Å²) >= 11 is 0. The van der Waals surface area contributed by atoms with Gasteiger partial charge in [0.25, 0.3) is 0 Å². The molecule has 4 fully saturated rings. The van der Waals surface area contributed by atoms with E-state index < -0.39 is 65.5 Å². The molecule has 0 aliphatic heterocycles. The van der Waals surface area contributed by atoms with E-state index in [0.717, 1.165) is 173 Å². The maximum atomic E-state index is 11.7. The third-order valence-corrected chi connectivity index (χ3v) is 18.5. The summed E-state index contributed by atoms with van der Waals surface area (Å²) < 4.78 is 24.3. The van der Waals surface area contributed by atoms with Gasteiger partial charge in [0.1, 0.15) is 65.6 Å². The lowest BCUT2D eigenvalue weighted by Crippen LogP contribution is -2.31. The van der Waals surface area contributed by atoms with Gasteiger partial charge in [0, 0.05) is 0 Å². The van der Waals surface area contributed by atoms with Gasteiger partial charge in [0.05, 0.1) is 19.3 Å². The quantitative estimate of drug-likeness (QED) is 0.0144. The van der Waals surface area contributed by atoms with Crippen molar-refractivity contribution in [2.24, 2.45) is 34.5 Å². The summed E-state index contributed by atoms with van der Waals surface area (Å²) in [6.45, 7) is 59.1. The standard InChI is InChI=1S/C21H38O5.C14H28O4.C13H22O5.C13H26O4.C9H18O4.C8H16O4.C8H14O4/c1-20(2,3)15-7-11-17(12-8-15)23-25-19(22)26-24-18-13-9-16(10-14-18)21(4,5)6;1-6-9-10-12(7-2)11-16-13(15)17-18-14(4,5)8-3;14-13(17-15-11-7-3-1-4-8-11)18-16-12-9-5-2-6-10-12;1-6-8-9-11(7-2)10-15-12(14)16-17-13(3,4)5;1-5-7(3)11-9(10)13-12-8(4)6-2;1-6(2)10-7(9)11-12-8(3,4)5;1-5-6-10-12-7(9)11-8(2,3)4/h15-18H,7-14H2,1-6H3;12H,6-11H2,1-5H3;11-12H,1-10H2;11H,6-10H2,1-5H3;7-8H,5-6H2,1-4H3;6H,1-5H3;5H,1,6H2,2-4H3. The van der Waals surface area contributed by atoms with Crippen LogP contribution in [0.5, 0.6) is 0 Å². The molecule has 0 saturated heterocycles. The highest BCUT2D eigenvalue weighted by Gasteiger charge is 2.34. The molecule has 0 radical (unpaired) electrons. The molecule has 0 N–H and O–H groups in total. The summed E-state index contributed by atoms with van der Waals surface area (Å²) in [6.07, 6.45) is 25.2. The average Bonchev–Trinajstić information content (AvgIpc) is 0.860. The first-order valence-corrected chi connectivity index (χ1v) is 42.8. The maximum Gasteiger partial charge on any atom is 0.573 e. The Hall–Kier alpha value is -5.73.